The minimum absolute atomic E-state index is 0.815. The van der Waals surface area contributed by atoms with E-state index >= 15 is 0 Å². The summed E-state index contributed by atoms with van der Waals surface area (Å²) < 4.78 is 2.27. The van der Waals surface area contributed by atoms with E-state index in [1.54, 1.807) is 11.3 Å². The molecule has 56 valence electrons. The van der Waals surface area contributed by atoms with Gasteiger partial charge in [-0.25, -0.2) is 0 Å². The number of fused-ring (bicyclic) bond motifs is 1. The Morgan fingerprint density at radius 3 is 3.00 bits per heavy atom. The molecule has 0 atom stereocenters. The molecule has 0 aliphatic carbocycles. The summed E-state index contributed by atoms with van der Waals surface area (Å²) in [6.07, 6.45) is 0. The van der Waals surface area contributed by atoms with Crippen LogP contribution in [0.25, 0.3) is 10.1 Å². The summed E-state index contributed by atoms with van der Waals surface area (Å²) in [5.74, 6) is 0. The maximum Gasteiger partial charge on any atom is 0.0504 e. The molecule has 2 aromatic rings. The van der Waals surface area contributed by atoms with Crippen LogP contribution in [0.3, 0.4) is 0 Å². The normalized spacial score (nSPS) is 10.7. The molecule has 1 aromatic heterocycles. The predicted molar refractivity (Wildman–Crippen MR) is 54.5 cm³/mol. The largest absolute Gasteiger partial charge is 0.144 e. The van der Waals surface area contributed by atoms with Crippen molar-refractivity contribution in [2.24, 2.45) is 0 Å². The fourth-order valence-electron chi connectivity index (χ4n) is 0.996. The molecule has 0 spiro atoms. The number of hydrogen-bond donors (Lipinski definition) is 0. The van der Waals surface area contributed by atoms with Gasteiger partial charge < -0.3 is 0 Å². The van der Waals surface area contributed by atoms with Crippen molar-refractivity contribution in [2.75, 3.05) is 0 Å². The minimum Gasteiger partial charge on any atom is -0.144 e. The third-order valence-electron chi connectivity index (χ3n) is 1.49. The Kier molecular flexibility index (Phi) is 1.91. The van der Waals surface area contributed by atoms with Gasteiger partial charge in [0.15, 0.2) is 0 Å². The van der Waals surface area contributed by atoms with E-state index in [9.17, 15) is 0 Å². The summed E-state index contributed by atoms with van der Waals surface area (Å²) in [6.45, 7) is 0. The van der Waals surface area contributed by atoms with Crippen LogP contribution in [-0.4, -0.2) is 0 Å². The number of rotatable bonds is 0. The minimum atomic E-state index is 0.815. The molecule has 0 radical (unpaired) electrons. The molecule has 1 aromatic carbocycles. The molecule has 0 fully saturated rings. The highest BCUT2D eigenvalue weighted by Gasteiger charge is 2.00. The highest BCUT2D eigenvalue weighted by atomic mass is 79.9. The molecule has 2 rings (SSSR count). The molecule has 0 N–H and O–H groups in total. The topological polar surface area (TPSA) is 0 Å². The van der Waals surface area contributed by atoms with Crippen molar-refractivity contribution >= 4 is 49.0 Å². The number of benzene rings is 1. The quantitative estimate of drug-likeness (QED) is 0.650. The van der Waals surface area contributed by atoms with Gasteiger partial charge in [-0.1, -0.05) is 27.5 Å². The Morgan fingerprint density at radius 2 is 2.18 bits per heavy atom. The molecule has 0 aliphatic heterocycles. The van der Waals surface area contributed by atoms with Crippen LogP contribution < -0.4 is 0 Å². The van der Waals surface area contributed by atoms with Crippen molar-refractivity contribution in [1.82, 2.24) is 0 Å². The van der Waals surface area contributed by atoms with Crippen molar-refractivity contribution in [1.29, 1.82) is 0 Å². The average molecular weight is 248 g/mol. The van der Waals surface area contributed by atoms with Gasteiger partial charge in [0.25, 0.3) is 0 Å². The van der Waals surface area contributed by atoms with Gasteiger partial charge in [-0.2, -0.15) is 0 Å². The van der Waals surface area contributed by atoms with Crippen LogP contribution in [0.2, 0.25) is 5.02 Å². The lowest BCUT2D eigenvalue weighted by molar-refractivity contribution is 1.77. The lowest BCUT2D eigenvalue weighted by Gasteiger charge is -1.94. The van der Waals surface area contributed by atoms with Crippen LogP contribution in [0.4, 0.5) is 0 Å². The van der Waals surface area contributed by atoms with Gasteiger partial charge in [-0.05, 0) is 23.6 Å². The van der Waals surface area contributed by atoms with Crippen LogP contribution in [0.15, 0.2) is 28.1 Å². The number of hydrogen-bond acceptors (Lipinski definition) is 1. The second-order valence-corrected chi connectivity index (χ2v) is 4.49. The van der Waals surface area contributed by atoms with Crippen LogP contribution in [0, 0.1) is 0 Å². The summed E-state index contributed by atoms with van der Waals surface area (Å²) >= 11 is 11.1. The van der Waals surface area contributed by atoms with Gasteiger partial charge in [0.05, 0.1) is 5.02 Å². The molecule has 0 nitrogen and oxygen atoms in total. The van der Waals surface area contributed by atoms with Crippen LogP contribution in [0.1, 0.15) is 0 Å². The molecule has 1 heterocycles. The molecule has 0 saturated heterocycles. The highest BCUT2D eigenvalue weighted by Crippen LogP contribution is 2.31. The van der Waals surface area contributed by atoms with Gasteiger partial charge in [-0.15, -0.1) is 11.3 Å². The molecule has 3 heteroatoms. The van der Waals surface area contributed by atoms with Crippen LogP contribution in [0.5, 0.6) is 0 Å². The van der Waals surface area contributed by atoms with Crippen molar-refractivity contribution in [3.8, 4) is 0 Å². The van der Waals surface area contributed by atoms with Crippen molar-refractivity contribution in [2.45, 2.75) is 0 Å². The Hall–Kier alpha value is -0.0500. The van der Waals surface area contributed by atoms with E-state index in [1.807, 2.05) is 17.5 Å². The van der Waals surface area contributed by atoms with E-state index in [1.165, 1.54) is 4.70 Å². The van der Waals surface area contributed by atoms with Gasteiger partial charge in [0.2, 0.25) is 0 Å². The second-order valence-electron chi connectivity index (χ2n) is 2.22. The Morgan fingerprint density at radius 1 is 1.36 bits per heavy atom. The SMILES string of the molecule is Clc1cc(Br)cc2sccc12. The monoisotopic (exact) mass is 246 g/mol. The van der Waals surface area contributed by atoms with Gasteiger partial charge >= 0.3 is 0 Å². The third kappa shape index (κ3) is 1.31. The maximum atomic E-state index is 5.98. The lowest BCUT2D eigenvalue weighted by Crippen LogP contribution is -1.66. The van der Waals surface area contributed by atoms with E-state index in [0.29, 0.717) is 0 Å². The average Bonchev–Trinajstić information content (AvgIpc) is 2.34. The van der Waals surface area contributed by atoms with E-state index in [4.69, 9.17) is 11.6 Å². The summed E-state index contributed by atoms with van der Waals surface area (Å²) in [7, 11) is 0. The van der Waals surface area contributed by atoms with E-state index < -0.39 is 0 Å². The molecular weight excluding hydrogens is 244 g/mol. The summed E-state index contributed by atoms with van der Waals surface area (Å²) in [6, 6.07) is 6.03. The van der Waals surface area contributed by atoms with Crippen molar-refractivity contribution in [3.05, 3.63) is 33.1 Å². The van der Waals surface area contributed by atoms with Gasteiger partial charge in [0.1, 0.15) is 0 Å². The first-order valence-corrected chi connectivity index (χ1v) is 5.15. The van der Waals surface area contributed by atoms with Gasteiger partial charge in [-0.3, -0.25) is 0 Å². The lowest BCUT2D eigenvalue weighted by atomic mass is 10.3. The highest BCUT2D eigenvalue weighted by molar-refractivity contribution is 9.10. The molecule has 0 bridgehead atoms. The molecule has 0 aliphatic rings. The van der Waals surface area contributed by atoms with Crippen LogP contribution in [-0.2, 0) is 0 Å². The zero-order valence-corrected chi connectivity index (χ0v) is 8.63. The van der Waals surface area contributed by atoms with Crippen molar-refractivity contribution < 1.29 is 0 Å². The first-order valence-electron chi connectivity index (χ1n) is 3.09. The molecular formula is C8H4BrClS. The molecule has 0 saturated carbocycles. The first kappa shape index (κ1) is 7.59. The van der Waals surface area contributed by atoms with Gasteiger partial charge in [0, 0.05) is 14.6 Å². The van der Waals surface area contributed by atoms with Crippen molar-refractivity contribution in [3.63, 3.8) is 0 Å². The van der Waals surface area contributed by atoms with E-state index in [0.717, 1.165) is 14.9 Å². The molecule has 0 amide bonds. The molecule has 11 heavy (non-hydrogen) atoms. The second kappa shape index (κ2) is 2.77. The summed E-state index contributed by atoms with van der Waals surface area (Å²) in [5, 5.41) is 4.00. The maximum absolute atomic E-state index is 5.98. The number of halogens is 2. The number of thiophene rings is 1. The summed E-state index contributed by atoms with van der Waals surface area (Å²) in [5.41, 5.74) is 0. The van der Waals surface area contributed by atoms with Crippen LogP contribution >= 0.6 is 38.9 Å². The summed E-state index contributed by atoms with van der Waals surface area (Å²) in [4.78, 5) is 0. The zero-order valence-electron chi connectivity index (χ0n) is 5.47. The fraction of sp³-hybridized carbons (Fsp3) is 0. The Balaban J connectivity index is 2.91. The third-order valence-corrected chi connectivity index (χ3v) is 3.12. The van der Waals surface area contributed by atoms with E-state index in [-0.39, 0.29) is 0 Å². The predicted octanol–water partition coefficient (Wildman–Crippen LogP) is 4.32. The Bertz CT molecular complexity index is 394. The fourth-order valence-corrected chi connectivity index (χ4v) is 2.93. The first-order chi connectivity index (χ1) is 5.27. The molecule has 0 unspecified atom stereocenters. The van der Waals surface area contributed by atoms with E-state index in [2.05, 4.69) is 22.0 Å². The smallest absolute Gasteiger partial charge is 0.0504 e. The zero-order chi connectivity index (χ0) is 7.84. The Labute approximate surface area is 81.9 Å². The standard InChI is InChI=1S/C8H4BrClS/c9-5-3-7(10)6-1-2-11-8(6)4-5/h1-4H.